The minimum atomic E-state index is -0.442. The first-order valence-electron chi connectivity index (χ1n) is 8.76. The Morgan fingerprint density at radius 3 is 2.48 bits per heavy atom. The van der Waals surface area contributed by atoms with Gasteiger partial charge >= 0.3 is 0 Å². The number of likely N-dealkylation sites (tertiary alicyclic amines) is 1. The number of nitrogens with two attached hydrogens (primary N) is 1. The molecule has 0 aromatic heterocycles. The Kier molecular flexibility index (Phi) is 5.87. The van der Waals surface area contributed by atoms with Gasteiger partial charge in [0.25, 0.3) is 0 Å². The SMILES string of the molecule is N[C@@H]1CCC[C@H]1CC(=O)N1CCCC1C(=O)Nc1cc(Cl)cc(Cl)c1. The smallest absolute Gasteiger partial charge is 0.247 e. The molecule has 2 amide bonds. The number of benzene rings is 1. The van der Waals surface area contributed by atoms with Crippen molar-refractivity contribution in [3.63, 3.8) is 0 Å². The van der Waals surface area contributed by atoms with Crippen LogP contribution in [0.1, 0.15) is 38.5 Å². The molecule has 1 saturated heterocycles. The van der Waals surface area contributed by atoms with Gasteiger partial charge in [-0.1, -0.05) is 29.6 Å². The highest BCUT2D eigenvalue weighted by molar-refractivity contribution is 6.35. The molecule has 1 saturated carbocycles. The van der Waals surface area contributed by atoms with Gasteiger partial charge in [-0.25, -0.2) is 0 Å². The van der Waals surface area contributed by atoms with E-state index in [4.69, 9.17) is 28.9 Å². The summed E-state index contributed by atoms with van der Waals surface area (Å²) < 4.78 is 0. The number of anilines is 1. The van der Waals surface area contributed by atoms with Gasteiger partial charge in [0.2, 0.25) is 11.8 Å². The number of carbonyl (C=O) groups is 2. The van der Waals surface area contributed by atoms with Gasteiger partial charge in [0.1, 0.15) is 6.04 Å². The molecule has 3 rings (SSSR count). The van der Waals surface area contributed by atoms with Crippen LogP contribution in [0.5, 0.6) is 0 Å². The Labute approximate surface area is 157 Å². The third kappa shape index (κ3) is 4.46. The molecule has 7 heteroatoms. The van der Waals surface area contributed by atoms with Crippen LogP contribution in [0, 0.1) is 5.92 Å². The number of amides is 2. The molecule has 1 heterocycles. The van der Waals surface area contributed by atoms with Gasteiger partial charge < -0.3 is 16.0 Å². The van der Waals surface area contributed by atoms with E-state index in [1.807, 2.05) is 0 Å². The Balaban J connectivity index is 1.63. The van der Waals surface area contributed by atoms with Crippen molar-refractivity contribution < 1.29 is 9.59 Å². The average Bonchev–Trinajstić information content (AvgIpc) is 3.16. The molecule has 25 heavy (non-hydrogen) atoms. The lowest BCUT2D eigenvalue weighted by Gasteiger charge is -2.26. The molecule has 3 N–H and O–H groups in total. The van der Waals surface area contributed by atoms with E-state index in [2.05, 4.69) is 5.32 Å². The van der Waals surface area contributed by atoms with Crippen LogP contribution in [0.2, 0.25) is 10.0 Å². The highest BCUT2D eigenvalue weighted by atomic mass is 35.5. The molecule has 2 aliphatic rings. The zero-order chi connectivity index (χ0) is 18.0. The highest BCUT2D eigenvalue weighted by Crippen LogP contribution is 2.29. The van der Waals surface area contributed by atoms with Crippen LogP contribution in [-0.2, 0) is 9.59 Å². The fourth-order valence-corrected chi connectivity index (χ4v) is 4.38. The number of halogens is 2. The van der Waals surface area contributed by atoms with Crippen molar-refractivity contribution in [2.24, 2.45) is 11.7 Å². The number of nitrogens with zero attached hydrogens (tertiary/aromatic N) is 1. The van der Waals surface area contributed by atoms with E-state index in [0.717, 1.165) is 25.7 Å². The van der Waals surface area contributed by atoms with Crippen molar-refractivity contribution in [3.05, 3.63) is 28.2 Å². The number of hydrogen-bond acceptors (Lipinski definition) is 3. The standard InChI is InChI=1S/C18H23Cl2N3O2/c19-12-8-13(20)10-14(9-12)22-18(25)16-5-2-6-23(16)17(24)7-11-3-1-4-15(11)21/h8-11,15-16H,1-7,21H2,(H,22,25)/t11-,15+,16?/m0/s1. The number of carbonyl (C=O) groups excluding carboxylic acids is 2. The zero-order valence-electron chi connectivity index (χ0n) is 14.0. The molecule has 1 aromatic rings. The maximum atomic E-state index is 12.7. The molecule has 1 unspecified atom stereocenters. The lowest BCUT2D eigenvalue weighted by atomic mass is 9.99. The maximum Gasteiger partial charge on any atom is 0.247 e. The molecule has 1 aliphatic carbocycles. The molecule has 0 spiro atoms. The summed E-state index contributed by atoms with van der Waals surface area (Å²) in [7, 11) is 0. The summed E-state index contributed by atoms with van der Waals surface area (Å²) in [5.41, 5.74) is 6.62. The summed E-state index contributed by atoms with van der Waals surface area (Å²) >= 11 is 11.9. The predicted octanol–water partition coefficient (Wildman–Crippen LogP) is 3.44. The van der Waals surface area contributed by atoms with Gasteiger partial charge in [-0.05, 0) is 49.8 Å². The molecule has 0 bridgehead atoms. The number of nitrogens with one attached hydrogen (secondary N) is 1. The quantitative estimate of drug-likeness (QED) is 0.835. The van der Waals surface area contributed by atoms with Crippen LogP contribution in [-0.4, -0.2) is 35.3 Å². The topological polar surface area (TPSA) is 75.4 Å². The van der Waals surface area contributed by atoms with Gasteiger partial charge in [-0.3, -0.25) is 9.59 Å². The first-order valence-corrected chi connectivity index (χ1v) is 9.51. The average molecular weight is 384 g/mol. The van der Waals surface area contributed by atoms with Crippen LogP contribution in [0.4, 0.5) is 5.69 Å². The molecule has 5 nitrogen and oxygen atoms in total. The van der Waals surface area contributed by atoms with Crippen LogP contribution in [0.15, 0.2) is 18.2 Å². The molecule has 0 radical (unpaired) electrons. The lowest BCUT2D eigenvalue weighted by molar-refractivity contribution is -0.137. The van der Waals surface area contributed by atoms with E-state index in [9.17, 15) is 9.59 Å². The van der Waals surface area contributed by atoms with Crippen LogP contribution in [0.3, 0.4) is 0 Å². The van der Waals surface area contributed by atoms with E-state index in [1.165, 1.54) is 0 Å². The summed E-state index contributed by atoms with van der Waals surface area (Å²) in [4.78, 5) is 27.0. The second kappa shape index (κ2) is 7.94. The summed E-state index contributed by atoms with van der Waals surface area (Å²) in [6.45, 7) is 0.620. The fourth-order valence-electron chi connectivity index (χ4n) is 3.85. The van der Waals surface area contributed by atoms with Crippen LogP contribution in [0.25, 0.3) is 0 Å². The minimum absolute atomic E-state index is 0.0316. The van der Waals surface area contributed by atoms with Gasteiger partial charge in [0.05, 0.1) is 0 Å². The third-order valence-electron chi connectivity index (χ3n) is 5.16. The largest absolute Gasteiger partial charge is 0.331 e. The second-order valence-corrected chi connectivity index (χ2v) is 7.82. The molecule has 2 fully saturated rings. The maximum absolute atomic E-state index is 12.7. The lowest BCUT2D eigenvalue weighted by Crippen LogP contribution is -2.44. The molecule has 3 atom stereocenters. The highest BCUT2D eigenvalue weighted by Gasteiger charge is 2.36. The second-order valence-electron chi connectivity index (χ2n) is 6.95. The molecular weight excluding hydrogens is 361 g/mol. The van der Waals surface area contributed by atoms with Crippen molar-refractivity contribution in [1.29, 1.82) is 0 Å². The first kappa shape index (κ1) is 18.5. The van der Waals surface area contributed by atoms with E-state index in [1.54, 1.807) is 23.1 Å². The zero-order valence-corrected chi connectivity index (χ0v) is 15.5. The number of hydrogen-bond donors (Lipinski definition) is 2. The fraction of sp³-hybridized carbons (Fsp3) is 0.556. The van der Waals surface area contributed by atoms with Gasteiger partial charge in [0.15, 0.2) is 0 Å². The molecule has 136 valence electrons. The molecule has 1 aliphatic heterocycles. The van der Waals surface area contributed by atoms with Crippen molar-refractivity contribution in [1.82, 2.24) is 4.90 Å². The Morgan fingerprint density at radius 2 is 1.84 bits per heavy atom. The van der Waals surface area contributed by atoms with E-state index in [0.29, 0.717) is 35.1 Å². The number of rotatable bonds is 4. The third-order valence-corrected chi connectivity index (χ3v) is 5.60. The molecular formula is C18H23Cl2N3O2. The van der Waals surface area contributed by atoms with Crippen molar-refractivity contribution in [3.8, 4) is 0 Å². The Bertz CT molecular complexity index is 647. The van der Waals surface area contributed by atoms with Gasteiger partial charge in [-0.2, -0.15) is 0 Å². The first-order chi connectivity index (χ1) is 11.9. The Morgan fingerprint density at radius 1 is 1.12 bits per heavy atom. The van der Waals surface area contributed by atoms with Crippen molar-refractivity contribution in [2.75, 3.05) is 11.9 Å². The normalized spacial score (nSPS) is 26.0. The minimum Gasteiger partial charge on any atom is -0.331 e. The van der Waals surface area contributed by atoms with E-state index < -0.39 is 6.04 Å². The summed E-state index contributed by atoms with van der Waals surface area (Å²) in [6, 6.07) is 4.55. The van der Waals surface area contributed by atoms with E-state index in [-0.39, 0.29) is 23.8 Å². The summed E-state index contributed by atoms with van der Waals surface area (Å²) in [5, 5.41) is 3.74. The Hall–Kier alpha value is -1.30. The van der Waals surface area contributed by atoms with Crippen LogP contribution < -0.4 is 11.1 Å². The van der Waals surface area contributed by atoms with Gasteiger partial charge in [0, 0.05) is 34.7 Å². The van der Waals surface area contributed by atoms with Crippen molar-refractivity contribution in [2.45, 2.75) is 50.6 Å². The molecule has 1 aromatic carbocycles. The monoisotopic (exact) mass is 383 g/mol. The summed E-state index contributed by atoms with van der Waals surface area (Å²) in [6.07, 6.45) is 5.00. The van der Waals surface area contributed by atoms with Crippen molar-refractivity contribution >= 4 is 40.7 Å². The van der Waals surface area contributed by atoms with Gasteiger partial charge in [-0.15, -0.1) is 0 Å². The van der Waals surface area contributed by atoms with Crippen LogP contribution >= 0.6 is 23.2 Å². The van der Waals surface area contributed by atoms with E-state index >= 15 is 0 Å². The predicted molar refractivity (Wildman–Crippen MR) is 99.8 cm³/mol. The summed E-state index contributed by atoms with van der Waals surface area (Å²) in [5.74, 6) is 0.0765.